The van der Waals surface area contributed by atoms with Gasteiger partial charge >= 0.3 is 5.97 Å². The first-order valence-corrected chi connectivity index (χ1v) is 13.6. The molecule has 0 unspecified atom stereocenters. The number of aromatic nitrogens is 1. The summed E-state index contributed by atoms with van der Waals surface area (Å²) < 4.78 is 35.3. The number of benzene rings is 3. The van der Waals surface area contributed by atoms with Crippen LogP contribution < -0.4 is 0 Å². The van der Waals surface area contributed by atoms with Crippen LogP contribution >= 0.6 is 0 Å². The van der Waals surface area contributed by atoms with Crippen LogP contribution in [0, 0.1) is 19.3 Å². The van der Waals surface area contributed by atoms with Gasteiger partial charge in [-0.1, -0.05) is 71.8 Å². The molecule has 0 saturated carbocycles. The molecular weight excluding hydrogens is 470 g/mol. The summed E-state index contributed by atoms with van der Waals surface area (Å²) in [5.41, 5.74) is 4.43. The van der Waals surface area contributed by atoms with Gasteiger partial charge in [0.15, 0.2) is 0 Å². The van der Waals surface area contributed by atoms with Crippen LogP contribution in [0.2, 0.25) is 0 Å². The molecule has 3 aromatic carbocycles. The van der Waals surface area contributed by atoms with Crippen molar-refractivity contribution in [2.75, 3.05) is 0 Å². The van der Waals surface area contributed by atoms with Crippen LogP contribution in [-0.2, 0) is 32.6 Å². The van der Waals surface area contributed by atoms with Crippen molar-refractivity contribution in [2.45, 2.75) is 44.1 Å². The second-order valence-electron chi connectivity index (χ2n) is 10.0. The lowest BCUT2D eigenvalue weighted by Gasteiger charge is -2.32. The molecule has 6 heteroatoms. The molecule has 2 aliphatic carbocycles. The summed E-state index contributed by atoms with van der Waals surface area (Å²) in [7, 11) is -3.88. The largest absolute Gasteiger partial charge is 0.460 e. The van der Waals surface area contributed by atoms with Crippen LogP contribution in [0.25, 0.3) is 10.9 Å². The summed E-state index contributed by atoms with van der Waals surface area (Å²) in [6.07, 6.45) is 4.86. The Kier molecular flexibility index (Phi) is 5.20. The zero-order valence-corrected chi connectivity index (χ0v) is 21.1. The second-order valence-corrected chi connectivity index (χ2v) is 11.8. The number of hydrogen-bond donors (Lipinski definition) is 0. The number of esters is 1. The highest BCUT2D eigenvalue weighted by molar-refractivity contribution is 7.90. The zero-order valence-electron chi connectivity index (χ0n) is 20.3. The van der Waals surface area contributed by atoms with E-state index >= 15 is 0 Å². The van der Waals surface area contributed by atoms with Gasteiger partial charge in [0.2, 0.25) is 0 Å². The summed E-state index contributed by atoms with van der Waals surface area (Å²) in [4.78, 5) is 13.7. The normalized spacial score (nSPS) is 20.4. The predicted octanol–water partition coefficient (Wildman–Crippen LogP) is 5.82. The summed E-state index contributed by atoms with van der Waals surface area (Å²) in [5.74, 6) is -0.353. The van der Waals surface area contributed by atoms with Gasteiger partial charge in [0, 0.05) is 23.4 Å². The average molecular weight is 498 g/mol. The smallest absolute Gasteiger partial charge is 0.316 e. The molecule has 36 heavy (non-hydrogen) atoms. The number of hydrogen-bond acceptors (Lipinski definition) is 4. The molecule has 1 aromatic heterocycles. The molecule has 4 aromatic rings. The molecular formula is C30H27NO4S. The third-order valence-corrected chi connectivity index (χ3v) is 9.25. The molecule has 0 N–H and O–H groups in total. The minimum absolute atomic E-state index is 0.0446. The molecule has 6 rings (SSSR count). The Labute approximate surface area is 211 Å². The highest BCUT2D eigenvalue weighted by Gasteiger charge is 2.50. The van der Waals surface area contributed by atoms with Gasteiger partial charge in [-0.3, -0.25) is 4.79 Å². The van der Waals surface area contributed by atoms with Crippen molar-refractivity contribution >= 4 is 26.9 Å². The minimum atomic E-state index is -3.88. The monoisotopic (exact) mass is 497 g/mol. The molecule has 0 saturated heterocycles. The van der Waals surface area contributed by atoms with Crippen molar-refractivity contribution in [1.29, 1.82) is 0 Å². The molecule has 2 aliphatic rings. The van der Waals surface area contributed by atoms with Gasteiger partial charge in [0.1, 0.15) is 6.61 Å². The Bertz CT molecular complexity index is 1630. The molecule has 0 fully saturated rings. The van der Waals surface area contributed by atoms with E-state index in [-0.39, 0.29) is 29.8 Å². The average Bonchev–Trinajstić information content (AvgIpc) is 3.39. The molecule has 1 heterocycles. The molecule has 0 radical (unpaired) electrons. The van der Waals surface area contributed by atoms with Crippen molar-refractivity contribution in [1.82, 2.24) is 3.97 Å². The third kappa shape index (κ3) is 3.51. The van der Waals surface area contributed by atoms with Crippen LogP contribution in [0.1, 0.15) is 40.3 Å². The third-order valence-electron chi connectivity index (χ3n) is 7.48. The van der Waals surface area contributed by atoms with E-state index < -0.39 is 15.4 Å². The summed E-state index contributed by atoms with van der Waals surface area (Å²) in [6.45, 7) is 4.13. The lowest BCUT2D eigenvalue weighted by Crippen LogP contribution is -2.36. The standard InChI is InChI=1S/C30H27NO4S/c1-20-8-11-24(12-9-20)36(33,34)31-26-13-10-21(2)16-25(26)28-23-14-15-30(17-23,18-27(28)31)29(32)35-19-22-6-4-3-5-7-22/h3-16,23H,17-19H2,1-2H3/t23-,30-/m1/s1. The van der Waals surface area contributed by atoms with Crippen molar-refractivity contribution in [3.8, 4) is 0 Å². The lowest BCUT2D eigenvalue weighted by atomic mass is 9.74. The van der Waals surface area contributed by atoms with Crippen LogP contribution in [0.3, 0.4) is 0 Å². The van der Waals surface area contributed by atoms with E-state index in [1.54, 1.807) is 12.1 Å². The fourth-order valence-corrected chi connectivity index (χ4v) is 7.23. The maximum absolute atomic E-state index is 14.0. The van der Waals surface area contributed by atoms with E-state index in [0.29, 0.717) is 17.6 Å². The number of allylic oxidation sites excluding steroid dienone is 1. The Hall–Kier alpha value is -3.64. The van der Waals surface area contributed by atoms with Gasteiger partial charge in [-0.2, -0.15) is 0 Å². The van der Waals surface area contributed by atoms with Gasteiger partial charge in [-0.25, -0.2) is 12.4 Å². The van der Waals surface area contributed by atoms with Gasteiger partial charge in [0.05, 0.1) is 15.8 Å². The zero-order chi connectivity index (χ0) is 25.1. The second kappa shape index (κ2) is 8.20. The number of carbonyl (C=O) groups is 1. The number of ether oxygens (including phenoxy) is 1. The first-order valence-electron chi connectivity index (χ1n) is 12.2. The van der Waals surface area contributed by atoms with E-state index in [1.165, 1.54) is 3.97 Å². The molecule has 2 bridgehead atoms. The first-order chi connectivity index (χ1) is 17.3. The molecule has 2 atom stereocenters. The van der Waals surface area contributed by atoms with Gasteiger partial charge in [-0.15, -0.1) is 0 Å². The topological polar surface area (TPSA) is 65.4 Å². The first kappa shape index (κ1) is 22.8. The Morgan fingerprint density at radius 3 is 2.47 bits per heavy atom. The van der Waals surface area contributed by atoms with Gasteiger partial charge in [-0.05, 0) is 55.7 Å². The Morgan fingerprint density at radius 2 is 1.72 bits per heavy atom. The molecule has 0 spiro atoms. The van der Waals surface area contributed by atoms with Gasteiger partial charge in [0.25, 0.3) is 10.0 Å². The highest BCUT2D eigenvalue weighted by Crippen LogP contribution is 2.53. The number of carbonyl (C=O) groups excluding carboxylic acids is 1. The highest BCUT2D eigenvalue weighted by atomic mass is 32.2. The van der Waals surface area contributed by atoms with Crippen molar-refractivity contribution < 1.29 is 17.9 Å². The van der Waals surface area contributed by atoms with Crippen molar-refractivity contribution in [3.05, 3.63) is 113 Å². The number of aryl methyl sites for hydroxylation is 2. The summed E-state index contributed by atoms with van der Waals surface area (Å²) in [6, 6.07) is 22.4. The van der Waals surface area contributed by atoms with E-state index in [2.05, 4.69) is 12.1 Å². The minimum Gasteiger partial charge on any atom is -0.460 e. The predicted molar refractivity (Wildman–Crippen MR) is 139 cm³/mol. The van der Waals surface area contributed by atoms with Crippen LogP contribution in [0.4, 0.5) is 0 Å². The quantitative estimate of drug-likeness (QED) is 0.257. The van der Waals surface area contributed by atoms with Crippen LogP contribution in [0.5, 0.6) is 0 Å². The van der Waals surface area contributed by atoms with Crippen LogP contribution in [0.15, 0.2) is 89.8 Å². The maximum atomic E-state index is 14.0. The van der Waals surface area contributed by atoms with Crippen molar-refractivity contribution in [3.63, 3.8) is 0 Å². The van der Waals surface area contributed by atoms with E-state index in [9.17, 15) is 13.2 Å². The molecule has 0 amide bonds. The summed E-state index contributed by atoms with van der Waals surface area (Å²) >= 11 is 0. The van der Waals surface area contributed by atoms with Gasteiger partial charge < -0.3 is 4.74 Å². The van der Waals surface area contributed by atoms with E-state index in [1.807, 2.05) is 74.5 Å². The number of rotatable bonds is 5. The number of fused-ring (bicyclic) bond motifs is 6. The Balaban J connectivity index is 1.47. The number of nitrogens with zero attached hydrogens (tertiary/aromatic N) is 1. The molecule has 5 nitrogen and oxygen atoms in total. The summed E-state index contributed by atoms with van der Waals surface area (Å²) in [5, 5.41) is 0.934. The van der Waals surface area contributed by atoms with E-state index in [4.69, 9.17) is 4.74 Å². The SMILES string of the molecule is Cc1ccc(S(=O)(=O)n2c3c(c4cc(C)ccc42)[C@@H]2C=C[C@](C(=O)OCc4ccccc4)(C3)C2)cc1. The molecule has 0 aliphatic heterocycles. The Morgan fingerprint density at radius 1 is 1.00 bits per heavy atom. The lowest BCUT2D eigenvalue weighted by molar-refractivity contribution is -0.154. The van der Waals surface area contributed by atoms with Crippen LogP contribution in [-0.4, -0.2) is 18.4 Å². The fraction of sp³-hybridized carbons (Fsp3) is 0.233. The molecule has 182 valence electrons. The fourth-order valence-electron chi connectivity index (χ4n) is 5.67. The van der Waals surface area contributed by atoms with Crippen molar-refractivity contribution in [2.24, 2.45) is 5.41 Å². The van der Waals surface area contributed by atoms with E-state index in [0.717, 1.165) is 27.6 Å². The maximum Gasteiger partial charge on any atom is 0.316 e.